The van der Waals surface area contributed by atoms with E-state index in [1.54, 1.807) is 0 Å². The highest BCUT2D eigenvalue weighted by molar-refractivity contribution is 5.70. The fraction of sp³-hybridized carbons (Fsp3) is 0.848. The van der Waals surface area contributed by atoms with E-state index in [-0.39, 0.29) is 25.2 Å². The third-order valence-electron chi connectivity index (χ3n) is 10.0. The molecule has 0 bridgehead atoms. The van der Waals surface area contributed by atoms with Crippen LogP contribution in [0.4, 0.5) is 4.79 Å². The van der Waals surface area contributed by atoms with Crippen LogP contribution in [-0.2, 0) is 23.8 Å². The molecule has 0 atom stereocenters. The highest BCUT2D eigenvalue weighted by Gasteiger charge is 2.19. The molecule has 0 saturated heterocycles. The molecule has 0 heterocycles. The van der Waals surface area contributed by atoms with Gasteiger partial charge in [0.05, 0.1) is 0 Å². The molecular formula is C46H86N2O6. The lowest BCUT2D eigenvalue weighted by atomic mass is 10.1. The molecule has 0 aliphatic rings. The molecule has 0 unspecified atom stereocenters. The summed E-state index contributed by atoms with van der Waals surface area (Å²) < 4.78 is 16.5. The van der Waals surface area contributed by atoms with E-state index in [4.69, 9.17) is 14.2 Å². The quantitative estimate of drug-likeness (QED) is 0.0287. The fourth-order valence-electron chi connectivity index (χ4n) is 6.36. The summed E-state index contributed by atoms with van der Waals surface area (Å²) in [5, 5.41) is 2.76. The molecular weight excluding hydrogens is 677 g/mol. The van der Waals surface area contributed by atoms with Crippen molar-refractivity contribution in [2.75, 3.05) is 39.4 Å². The third kappa shape index (κ3) is 37.9. The fourth-order valence-corrected chi connectivity index (χ4v) is 6.36. The molecule has 1 N–H and O–H groups in total. The first kappa shape index (κ1) is 51.6. The van der Waals surface area contributed by atoms with Gasteiger partial charge >= 0.3 is 18.0 Å². The van der Waals surface area contributed by atoms with E-state index in [0.717, 1.165) is 64.5 Å². The van der Waals surface area contributed by atoms with Crippen molar-refractivity contribution in [2.45, 2.75) is 214 Å². The summed E-state index contributed by atoms with van der Waals surface area (Å²) in [6, 6.07) is 0. The van der Waals surface area contributed by atoms with Gasteiger partial charge in [-0.15, -0.1) is 0 Å². The lowest BCUT2D eigenvalue weighted by molar-refractivity contribution is -0.152. The summed E-state index contributed by atoms with van der Waals surface area (Å²) in [6.07, 6.45) is 39.7. The number of ether oxygens (including phenoxy) is 3. The van der Waals surface area contributed by atoms with Crippen molar-refractivity contribution in [2.24, 2.45) is 0 Å². The molecule has 1 amide bonds. The van der Waals surface area contributed by atoms with Crippen molar-refractivity contribution in [3.05, 3.63) is 24.3 Å². The van der Waals surface area contributed by atoms with Crippen molar-refractivity contribution in [1.82, 2.24) is 10.2 Å². The highest BCUT2D eigenvalue weighted by Crippen LogP contribution is 2.13. The molecule has 0 aromatic rings. The molecule has 0 aliphatic heterocycles. The summed E-state index contributed by atoms with van der Waals surface area (Å²) >= 11 is 0. The van der Waals surface area contributed by atoms with Crippen LogP contribution in [0.15, 0.2) is 24.3 Å². The Kier molecular flexibility index (Phi) is 40.0. The van der Waals surface area contributed by atoms with E-state index in [0.29, 0.717) is 25.9 Å². The number of hydrogen-bond acceptors (Lipinski definition) is 7. The van der Waals surface area contributed by atoms with Gasteiger partial charge < -0.3 is 24.4 Å². The molecule has 0 spiro atoms. The Morgan fingerprint density at radius 3 is 1.22 bits per heavy atom. The molecule has 0 radical (unpaired) electrons. The molecule has 0 saturated carbocycles. The summed E-state index contributed by atoms with van der Waals surface area (Å²) in [5.74, 6) is -0.629. The molecule has 0 aromatic carbocycles. The number of rotatable bonds is 40. The van der Waals surface area contributed by atoms with E-state index < -0.39 is 12.2 Å². The number of esters is 2. The predicted octanol–water partition coefficient (Wildman–Crippen LogP) is 12.6. The molecule has 0 fully saturated rings. The van der Waals surface area contributed by atoms with Crippen LogP contribution in [0.25, 0.3) is 0 Å². The van der Waals surface area contributed by atoms with E-state index in [9.17, 15) is 14.4 Å². The molecule has 8 nitrogen and oxygen atoms in total. The van der Waals surface area contributed by atoms with Gasteiger partial charge in [0.1, 0.15) is 13.2 Å². The number of carbonyl (C=O) groups is 3. The summed E-state index contributed by atoms with van der Waals surface area (Å²) in [5.41, 5.74) is 0. The number of unbranched alkanes of at least 4 members (excludes halogenated alkanes) is 22. The number of carbonyl (C=O) groups excluding carboxylic acids is 3. The zero-order valence-electron chi connectivity index (χ0n) is 35.8. The van der Waals surface area contributed by atoms with Crippen molar-refractivity contribution in [3.63, 3.8) is 0 Å². The summed E-state index contributed by atoms with van der Waals surface area (Å²) in [6.45, 7) is 11.4. The van der Waals surface area contributed by atoms with Gasteiger partial charge in [0.2, 0.25) is 0 Å². The zero-order valence-corrected chi connectivity index (χ0v) is 35.8. The average molecular weight is 763 g/mol. The van der Waals surface area contributed by atoms with Crippen LogP contribution in [0.3, 0.4) is 0 Å². The number of alkyl carbamates (subject to hydrolysis) is 1. The van der Waals surface area contributed by atoms with E-state index in [1.807, 2.05) is 0 Å². The van der Waals surface area contributed by atoms with Gasteiger partial charge in [0.25, 0.3) is 0 Å². The van der Waals surface area contributed by atoms with Crippen molar-refractivity contribution in [3.8, 4) is 0 Å². The van der Waals surface area contributed by atoms with Crippen LogP contribution in [0.2, 0.25) is 0 Å². The third-order valence-corrected chi connectivity index (χ3v) is 10.0. The zero-order chi connectivity index (χ0) is 39.6. The van der Waals surface area contributed by atoms with Crippen molar-refractivity contribution in [1.29, 1.82) is 0 Å². The maximum absolute atomic E-state index is 12.5. The number of likely N-dealkylation sites (N-methyl/N-ethyl adjacent to an activating group) is 1. The minimum absolute atomic E-state index is 0.129. The molecule has 0 aromatic heterocycles. The van der Waals surface area contributed by atoms with E-state index >= 15 is 0 Å². The molecule has 8 heteroatoms. The van der Waals surface area contributed by atoms with Gasteiger partial charge in [-0.1, -0.05) is 155 Å². The Bertz CT molecular complexity index is 848. The SMILES string of the molecule is CCCCCCC/C=C\CCCCCCCCC(=O)OCC(COC(=O)CCCCCCCC/C=C\CCCCCCC)OC(=O)NCCN(CC)CC. The van der Waals surface area contributed by atoms with Gasteiger partial charge in [0.15, 0.2) is 6.10 Å². The molecule has 0 rings (SSSR count). The van der Waals surface area contributed by atoms with Crippen molar-refractivity contribution >= 4 is 18.0 Å². The van der Waals surface area contributed by atoms with Gasteiger partial charge in [-0.25, -0.2) is 4.79 Å². The van der Waals surface area contributed by atoms with Crippen LogP contribution in [0.5, 0.6) is 0 Å². The largest absolute Gasteiger partial charge is 0.462 e. The van der Waals surface area contributed by atoms with Crippen LogP contribution >= 0.6 is 0 Å². The van der Waals surface area contributed by atoms with Crippen LogP contribution in [-0.4, -0.2) is 68.4 Å². The second-order valence-corrected chi connectivity index (χ2v) is 15.0. The first-order valence-corrected chi connectivity index (χ1v) is 22.7. The minimum atomic E-state index is -0.850. The summed E-state index contributed by atoms with van der Waals surface area (Å²) in [7, 11) is 0. The average Bonchev–Trinajstić information content (AvgIpc) is 3.17. The molecule has 316 valence electrons. The second-order valence-electron chi connectivity index (χ2n) is 15.0. The van der Waals surface area contributed by atoms with Crippen LogP contribution in [0.1, 0.15) is 207 Å². The van der Waals surface area contributed by atoms with Crippen LogP contribution < -0.4 is 5.32 Å². The first-order valence-electron chi connectivity index (χ1n) is 22.7. The standard InChI is InChI=1S/C46H86N2O6/c1-5-9-11-13-15-17-19-21-23-25-27-29-31-33-35-37-44(49)52-41-43(54-46(51)47-39-40-48(7-3)8-4)42-53-45(50)38-36-34-32-30-28-26-24-22-20-18-16-14-12-10-6-2/h19-22,43H,5-18,23-42H2,1-4H3,(H,47,51)/b21-19-,22-20-. The lowest BCUT2D eigenvalue weighted by Crippen LogP contribution is -2.39. The van der Waals surface area contributed by atoms with Gasteiger partial charge in [-0.3, -0.25) is 9.59 Å². The Morgan fingerprint density at radius 2 is 0.852 bits per heavy atom. The smallest absolute Gasteiger partial charge is 0.407 e. The van der Waals surface area contributed by atoms with Gasteiger partial charge in [-0.05, 0) is 77.3 Å². The minimum Gasteiger partial charge on any atom is -0.462 e. The number of hydrogen-bond donors (Lipinski definition) is 1. The van der Waals surface area contributed by atoms with E-state index in [2.05, 4.69) is 62.2 Å². The van der Waals surface area contributed by atoms with Crippen molar-refractivity contribution < 1.29 is 28.6 Å². The Balaban J connectivity index is 4.26. The number of amides is 1. The maximum atomic E-state index is 12.5. The summed E-state index contributed by atoms with van der Waals surface area (Å²) in [4.78, 5) is 39.7. The number of nitrogens with zero attached hydrogens (tertiary/aromatic N) is 1. The van der Waals surface area contributed by atoms with Crippen LogP contribution in [0, 0.1) is 0 Å². The Hall–Kier alpha value is -2.35. The lowest BCUT2D eigenvalue weighted by Gasteiger charge is -2.20. The van der Waals surface area contributed by atoms with Gasteiger partial charge in [0, 0.05) is 25.9 Å². The second kappa shape index (κ2) is 41.8. The molecule has 54 heavy (non-hydrogen) atoms. The molecule has 0 aliphatic carbocycles. The predicted molar refractivity (Wildman–Crippen MR) is 227 cm³/mol. The monoisotopic (exact) mass is 763 g/mol. The normalized spacial score (nSPS) is 11.7. The number of nitrogens with one attached hydrogen (secondary N) is 1. The maximum Gasteiger partial charge on any atom is 0.407 e. The topological polar surface area (TPSA) is 94.2 Å². The Labute approximate surface area is 333 Å². The van der Waals surface area contributed by atoms with E-state index in [1.165, 1.54) is 116 Å². The number of allylic oxidation sites excluding steroid dienone is 4. The Morgan fingerprint density at radius 1 is 0.500 bits per heavy atom. The van der Waals surface area contributed by atoms with Gasteiger partial charge in [-0.2, -0.15) is 0 Å². The highest BCUT2D eigenvalue weighted by atomic mass is 16.6. The first-order chi connectivity index (χ1) is 26.5.